The fourth-order valence-electron chi connectivity index (χ4n) is 2.62. The van der Waals surface area contributed by atoms with Gasteiger partial charge in [0.1, 0.15) is 5.82 Å². The molecule has 0 saturated carbocycles. The van der Waals surface area contributed by atoms with Gasteiger partial charge in [-0.05, 0) is 75.8 Å². The number of benzene rings is 2. The summed E-state index contributed by atoms with van der Waals surface area (Å²) >= 11 is 0. The van der Waals surface area contributed by atoms with Crippen molar-refractivity contribution in [1.29, 1.82) is 0 Å². The predicted octanol–water partition coefficient (Wildman–Crippen LogP) is 3.41. The SMILES string of the molecule is Cc1ccc(C)c(S(=O)(=O)NC(CCN(C)C)c2ccc(F)cc2)c1. The molecule has 2 rings (SSSR count). The maximum absolute atomic E-state index is 13.2. The van der Waals surface area contributed by atoms with Crippen molar-refractivity contribution in [2.45, 2.75) is 31.2 Å². The summed E-state index contributed by atoms with van der Waals surface area (Å²) in [6, 6.07) is 10.9. The summed E-state index contributed by atoms with van der Waals surface area (Å²) in [5.74, 6) is -0.340. The largest absolute Gasteiger partial charge is 0.309 e. The molecule has 136 valence electrons. The van der Waals surface area contributed by atoms with Gasteiger partial charge in [-0.1, -0.05) is 24.3 Å². The van der Waals surface area contributed by atoms with Crippen molar-refractivity contribution in [3.05, 3.63) is 65.0 Å². The Morgan fingerprint density at radius 2 is 1.72 bits per heavy atom. The third-order valence-corrected chi connectivity index (χ3v) is 5.68. The molecular formula is C19H25FN2O2S. The van der Waals surface area contributed by atoms with Gasteiger partial charge in [-0.25, -0.2) is 17.5 Å². The summed E-state index contributed by atoms with van der Waals surface area (Å²) in [5.41, 5.74) is 2.33. The van der Waals surface area contributed by atoms with Gasteiger partial charge in [0.15, 0.2) is 0 Å². The van der Waals surface area contributed by atoms with E-state index in [4.69, 9.17) is 0 Å². The Balaban J connectivity index is 2.34. The highest BCUT2D eigenvalue weighted by molar-refractivity contribution is 7.89. The van der Waals surface area contributed by atoms with Crippen molar-refractivity contribution in [3.8, 4) is 0 Å². The minimum absolute atomic E-state index is 0.282. The molecule has 0 heterocycles. The lowest BCUT2D eigenvalue weighted by molar-refractivity contribution is 0.375. The van der Waals surface area contributed by atoms with Crippen LogP contribution in [0.2, 0.25) is 0 Å². The molecular weight excluding hydrogens is 339 g/mol. The molecule has 2 aromatic rings. The van der Waals surface area contributed by atoms with Crippen LogP contribution in [0.4, 0.5) is 4.39 Å². The molecule has 1 unspecified atom stereocenters. The Bertz CT molecular complexity index is 818. The zero-order valence-corrected chi connectivity index (χ0v) is 15.9. The first-order chi connectivity index (χ1) is 11.7. The van der Waals surface area contributed by atoms with Crippen molar-refractivity contribution in [3.63, 3.8) is 0 Å². The van der Waals surface area contributed by atoms with Crippen LogP contribution in [0, 0.1) is 19.7 Å². The predicted molar refractivity (Wildman–Crippen MR) is 98.5 cm³/mol. The molecule has 0 saturated heterocycles. The van der Waals surface area contributed by atoms with E-state index in [0.29, 0.717) is 18.5 Å². The third kappa shape index (κ3) is 5.36. The Morgan fingerprint density at radius 1 is 1.08 bits per heavy atom. The Kier molecular flexibility index (Phi) is 6.32. The van der Waals surface area contributed by atoms with Gasteiger partial charge >= 0.3 is 0 Å². The van der Waals surface area contributed by atoms with Gasteiger partial charge in [0.2, 0.25) is 10.0 Å². The summed E-state index contributed by atoms with van der Waals surface area (Å²) in [6.07, 6.45) is 0.586. The number of rotatable bonds is 7. The normalized spacial score (nSPS) is 13.2. The van der Waals surface area contributed by atoms with E-state index >= 15 is 0 Å². The second kappa shape index (κ2) is 8.08. The summed E-state index contributed by atoms with van der Waals surface area (Å²) < 4.78 is 41.8. The van der Waals surface area contributed by atoms with Gasteiger partial charge in [-0.3, -0.25) is 0 Å². The van der Waals surface area contributed by atoms with Gasteiger partial charge in [0.25, 0.3) is 0 Å². The van der Waals surface area contributed by atoms with E-state index in [2.05, 4.69) is 4.72 Å². The van der Waals surface area contributed by atoms with Crippen LogP contribution in [0.15, 0.2) is 47.4 Å². The Hall–Kier alpha value is -1.76. The lowest BCUT2D eigenvalue weighted by Gasteiger charge is -2.22. The zero-order valence-electron chi connectivity index (χ0n) is 15.1. The van der Waals surface area contributed by atoms with E-state index in [-0.39, 0.29) is 10.7 Å². The number of hydrogen-bond donors (Lipinski definition) is 1. The first-order valence-corrected chi connectivity index (χ1v) is 9.67. The highest BCUT2D eigenvalue weighted by atomic mass is 32.2. The van der Waals surface area contributed by atoms with Crippen molar-refractivity contribution >= 4 is 10.0 Å². The molecule has 0 aliphatic heterocycles. The number of hydrogen-bond acceptors (Lipinski definition) is 3. The minimum atomic E-state index is -3.68. The van der Waals surface area contributed by atoms with Crippen molar-refractivity contribution < 1.29 is 12.8 Å². The second-order valence-electron chi connectivity index (χ2n) is 6.59. The average molecular weight is 364 g/mol. The van der Waals surface area contributed by atoms with E-state index < -0.39 is 16.1 Å². The highest BCUT2D eigenvalue weighted by Gasteiger charge is 2.23. The number of nitrogens with zero attached hydrogens (tertiary/aromatic N) is 1. The molecule has 0 spiro atoms. The van der Waals surface area contributed by atoms with Crippen molar-refractivity contribution in [2.75, 3.05) is 20.6 Å². The van der Waals surface area contributed by atoms with Gasteiger partial charge in [-0.2, -0.15) is 0 Å². The molecule has 1 N–H and O–H groups in total. The maximum atomic E-state index is 13.2. The number of aryl methyl sites for hydroxylation is 2. The van der Waals surface area contributed by atoms with Crippen molar-refractivity contribution in [1.82, 2.24) is 9.62 Å². The Labute approximate surface area is 149 Å². The van der Waals surface area contributed by atoms with E-state index in [1.54, 1.807) is 31.2 Å². The molecule has 0 amide bonds. The Morgan fingerprint density at radius 3 is 2.32 bits per heavy atom. The summed E-state index contributed by atoms with van der Waals surface area (Å²) in [7, 11) is 0.182. The van der Waals surface area contributed by atoms with Crippen molar-refractivity contribution in [2.24, 2.45) is 0 Å². The number of nitrogens with one attached hydrogen (secondary N) is 1. The van der Waals surface area contributed by atoms with Gasteiger partial charge in [-0.15, -0.1) is 0 Å². The minimum Gasteiger partial charge on any atom is -0.309 e. The van der Waals surface area contributed by atoms with Crippen LogP contribution in [0.5, 0.6) is 0 Å². The van der Waals surface area contributed by atoms with E-state index in [9.17, 15) is 12.8 Å². The van der Waals surface area contributed by atoms with Crippen LogP contribution in [0.1, 0.15) is 29.2 Å². The fraction of sp³-hybridized carbons (Fsp3) is 0.368. The standard InChI is InChI=1S/C19H25FN2O2S/c1-14-5-6-15(2)19(13-14)25(23,24)21-18(11-12-22(3)4)16-7-9-17(20)10-8-16/h5-10,13,18,21H,11-12H2,1-4H3. The fourth-order valence-corrected chi connectivity index (χ4v) is 4.21. The molecule has 0 radical (unpaired) electrons. The number of halogens is 1. The third-order valence-electron chi connectivity index (χ3n) is 4.07. The van der Waals surface area contributed by atoms with E-state index in [1.165, 1.54) is 12.1 Å². The van der Waals surface area contributed by atoms with Crippen LogP contribution in [0.3, 0.4) is 0 Å². The molecule has 0 fully saturated rings. The molecule has 0 bridgehead atoms. The molecule has 0 aliphatic carbocycles. The van der Waals surface area contributed by atoms with E-state index in [1.807, 2.05) is 32.0 Å². The van der Waals surface area contributed by atoms with E-state index in [0.717, 1.165) is 11.1 Å². The van der Waals surface area contributed by atoms with Gasteiger partial charge in [0.05, 0.1) is 4.90 Å². The molecule has 6 heteroatoms. The molecule has 2 aromatic carbocycles. The molecule has 0 aromatic heterocycles. The smallest absolute Gasteiger partial charge is 0.241 e. The first-order valence-electron chi connectivity index (χ1n) is 8.19. The van der Waals surface area contributed by atoms with Crippen LogP contribution in [-0.2, 0) is 10.0 Å². The van der Waals surface area contributed by atoms with Gasteiger partial charge < -0.3 is 4.90 Å². The summed E-state index contributed by atoms with van der Waals surface area (Å²) in [4.78, 5) is 2.27. The highest BCUT2D eigenvalue weighted by Crippen LogP contribution is 2.23. The molecule has 25 heavy (non-hydrogen) atoms. The van der Waals surface area contributed by atoms with Gasteiger partial charge in [0, 0.05) is 6.04 Å². The maximum Gasteiger partial charge on any atom is 0.241 e. The molecule has 0 aliphatic rings. The lowest BCUT2D eigenvalue weighted by Crippen LogP contribution is -2.31. The van der Waals surface area contributed by atoms with Crippen LogP contribution in [0.25, 0.3) is 0 Å². The average Bonchev–Trinajstić information content (AvgIpc) is 2.54. The van der Waals surface area contributed by atoms with Crippen LogP contribution < -0.4 is 4.72 Å². The molecule has 1 atom stereocenters. The topological polar surface area (TPSA) is 49.4 Å². The second-order valence-corrected chi connectivity index (χ2v) is 8.27. The summed E-state index contributed by atoms with van der Waals surface area (Å²) in [5, 5.41) is 0. The first kappa shape index (κ1) is 19.6. The van der Waals surface area contributed by atoms with Crippen LogP contribution in [-0.4, -0.2) is 34.0 Å². The zero-order chi connectivity index (χ0) is 18.6. The quantitative estimate of drug-likeness (QED) is 0.819. The number of sulfonamides is 1. The summed E-state index contributed by atoms with van der Waals surface area (Å²) in [6.45, 7) is 4.35. The lowest BCUT2D eigenvalue weighted by atomic mass is 10.0. The van der Waals surface area contributed by atoms with Crippen LogP contribution >= 0.6 is 0 Å². The monoisotopic (exact) mass is 364 g/mol. The molecule has 4 nitrogen and oxygen atoms in total.